The van der Waals surface area contributed by atoms with Gasteiger partial charge in [-0.25, -0.2) is 0 Å². The van der Waals surface area contributed by atoms with Gasteiger partial charge in [-0.05, 0) is 25.1 Å². The van der Waals surface area contributed by atoms with Gasteiger partial charge in [-0.3, -0.25) is 10.00 Å². The summed E-state index contributed by atoms with van der Waals surface area (Å²) in [6, 6.07) is 19.6. The minimum absolute atomic E-state index is 0.511. The van der Waals surface area contributed by atoms with Crippen molar-refractivity contribution in [3.8, 4) is 0 Å². The molecule has 4 nitrogen and oxygen atoms in total. The molecular weight excluding hydrogens is 284 g/mol. The van der Waals surface area contributed by atoms with Crippen LogP contribution in [-0.4, -0.2) is 40.8 Å². The molecule has 0 saturated carbocycles. The second-order valence-corrected chi connectivity index (χ2v) is 6.33. The summed E-state index contributed by atoms with van der Waals surface area (Å²) in [4.78, 5) is 5.01. The molecule has 0 spiro atoms. The topological polar surface area (TPSA) is 35.2 Å². The fraction of sp³-hybridized carbons (Fsp3) is 0.316. The van der Waals surface area contributed by atoms with Gasteiger partial charge >= 0.3 is 0 Å². The number of rotatable bonds is 3. The van der Waals surface area contributed by atoms with Gasteiger partial charge in [0.25, 0.3) is 0 Å². The number of benzene rings is 2. The van der Waals surface area contributed by atoms with Crippen molar-refractivity contribution in [1.82, 2.24) is 15.1 Å². The van der Waals surface area contributed by atoms with Crippen LogP contribution >= 0.6 is 0 Å². The molecule has 1 aliphatic heterocycles. The first kappa shape index (κ1) is 14.3. The third-order valence-electron chi connectivity index (χ3n) is 4.72. The number of H-pyrrole nitrogens is 1. The van der Waals surface area contributed by atoms with Crippen LogP contribution in [0.4, 0.5) is 5.69 Å². The van der Waals surface area contributed by atoms with E-state index in [2.05, 4.69) is 75.5 Å². The second-order valence-electron chi connectivity index (χ2n) is 6.33. The van der Waals surface area contributed by atoms with Crippen LogP contribution in [0.1, 0.15) is 12.6 Å². The Balaban J connectivity index is 1.46. The van der Waals surface area contributed by atoms with Crippen LogP contribution in [0.15, 0.2) is 54.6 Å². The lowest BCUT2D eigenvalue weighted by atomic mass is 10.1. The molecule has 0 aliphatic carbocycles. The molecule has 2 aromatic carbocycles. The van der Waals surface area contributed by atoms with E-state index in [1.165, 1.54) is 11.1 Å². The lowest BCUT2D eigenvalue weighted by Gasteiger charge is -2.41. The minimum atomic E-state index is 0.511. The summed E-state index contributed by atoms with van der Waals surface area (Å²) >= 11 is 0. The Morgan fingerprint density at radius 3 is 2.65 bits per heavy atom. The van der Waals surface area contributed by atoms with Gasteiger partial charge in [0.15, 0.2) is 0 Å². The molecule has 3 aromatic rings. The molecule has 23 heavy (non-hydrogen) atoms. The molecule has 1 unspecified atom stereocenters. The summed E-state index contributed by atoms with van der Waals surface area (Å²) in [6.07, 6.45) is 0. The highest BCUT2D eigenvalue weighted by molar-refractivity contribution is 5.81. The van der Waals surface area contributed by atoms with E-state index >= 15 is 0 Å². The standard InChI is InChI=1S/C19H22N4/c1-15-13-22(11-12-23(15)16-7-3-2-4-8-16)14-19-17-9-5-6-10-18(17)20-21-19/h2-10,15H,11-14H2,1H3,(H,20,21). The Hall–Kier alpha value is -2.33. The van der Waals surface area contributed by atoms with E-state index in [1.54, 1.807) is 0 Å². The third-order valence-corrected chi connectivity index (χ3v) is 4.72. The maximum Gasteiger partial charge on any atom is 0.0840 e. The third kappa shape index (κ3) is 2.82. The van der Waals surface area contributed by atoms with Gasteiger partial charge in [0.2, 0.25) is 0 Å². The molecule has 1 atom stereocenters. The number of anilines is 1. The highest BCUT2D eigenvalue weighted by atomic mass is 15.3. The van der Waals surface area contributed by atoms with Crippen LogP contribution in [-0.2, 0) is 6.54 Å². The van der Waals surface area contributed by atoms with Gasteiger partial charge < -0.3 is 4.90 Å². The molecule has 4 heteroatoms. The number of fused-ring (bicyclic) bond motifs is 1. The van der Waals surface area contributed by atoms with Crippen LogP contribution in [0.25, 0.3) is 10.9 Å². The number of hydrogen-bond acceptors (Lipinski definition) is 3. The molecule has 1 aliphatic rings. The molecule has 0 radical (unpaired) electrons. The first-order chi connectivity index (χ1) is 11.3. The summed E-state index contributed by atoms with van der Waals surface area (Å²) < 4.78 is 0. The number of aromatic nitrogens is 2. The van der Waals surface area contributed by atoms with Crippen LogP contribution in [0, 0.1) is 0 Å². The van der Waals surface area contributed by atoms with Gasteiger partial charge in [-0.15, -0.1) is 0 Å². The van der Waals surface area contributed by atoms with E-state index in [9.17, 15) is 0 Å². The molecule has 2 heterocycles. The van der Waals surface area contributed by atoms with Crippen molar-refractivity contribution >= 4 is 16.6 Å². The van der Waals surface area contributed by atoms with Crippen molar-refractivity contribution in [2.24, 2.45) is 0 Å². The van der Waals surface area contributed by atoms with Gasteiger partial charge in [-0.1, -0.05) is 36.4 Å². The van der Waals surface area contributed by atoms with Crippen LogP contribution in [0.3, 0.4) is 0 Å². The molecule has 0 bridgehead atoms. The SMILES string of the molecule is CC1CN(Cc2n[nH]c3ccccc23)CCN1c1ccccc1. The van der Waals surface area contributed by atoms with Crippen molar-refractivity contribution in [3.05, 3.63) is 60.3 Å². The van der Waals surface area contributed by atoms with Gasteiger partial charge in [-0.2, -0.15) is 5.10 Å². The largest absolute Gasteiger partial charge is 0.366 e. The highest BCUT2D eigenvalue weighted by Gasteiger charge is 2.24. The predicted molar refractivity (Wildman–Crippen MR) is 94.6 cm³/mol. The van der Waals surface area contributed by atoms with E-state index in [0.29, 0.717) is 6.04 Å². The zero-order valence-corrected chi connectivity index (χ0v) is 13.4. The Kier molecular flexibility index (Phi) is 3.75. The number of para-hydroxylation sites is 2. The van der Waals surface area contributed by atoms with Crippen molar-refractivity contribution in [3.63, 3.8) is 0 Å². The van der Waals surface area contributed by atoms with E-state index in [0.717, 1.165) is 37.4 Å². The molecule has 4 rings (SSSR count). The summed E-state index contributed by atoms with van der Waals surface area (Å²) in [5.41, 5.74) is 3.60. The molecular formula is C19H22N4. The fourth-order valence-electron chi connectivity index (χ4n) is 3.53. The fourth-order valence-corrected chi connectivity index (χ4v) is 3.53. The molecule has 1 saturated heterocycles. The lowest BCUT2D eigenvalue weighted by Crippen LogP contribution is -2.51. The maximum absolute atomic E-state index is 4.51. The van der Waals surface area contributed by atoms with Gasteiger partial charge in [0, 0.05) is 43.3 Å². The summed E-state index contributed by atoms with van der Waals surface area (Å²) in [5, 5.41) is 8.89. The molecule has 1 N–H and O–H groups in total. The number of hydrogen-bond donors (Lipinski definition) is 1. The average Bonchev–Trinajstić information content (AvgIpc) is 2.99. The Morgan fingerprint density at radius 2 is 1.83 bits per heavy atom. The molecule has 1 aromatic heterocycles. The highest BCUT2D eigenvalue weighted by Crippen LogP contribution is 2.22. The quantitative estimate of drug-likeness (QED) is 0.806. The zero-order chi connectivity index (χ0) is 15.6. The summed E-state index contributed by atoms with van der Waals surface area (Å²) in [6.45, 7) is 6.42. The zero-order valence-electron chi connectivity index (χ0n) is 13.4. The normalized spacial score (nSPS) is 19.3. The number of aromatic amines is 1. The van der Waals surface area contributed by atoms with Crippen molar-refractivity contribution < 1.29 is 0 Å². The Bertz CT molecular complexity index is 780. The van der Waals surface area contributed by atoms with Gasteiger partial charge in [0.05, 0.1) is 11.2 Å². The van der Waals surface area contributed by atoms with Crippen molar-refractivity contribution in [1.29, 1.82) is 0 Å². The smallest absolute Gasteiger partial charge is 0.0840 e. The van der Waals surface area contributed by atoms with Crippen LogP contribution in [0.2, 0.25) is 0 Å². The summed E-state index contributed by atoms with van der Waals surface area (Å²) in [7, 11) is 0. The average molecular weight is 306 g/mol. The molecule has 0 amide bonds. The number of piperazine rings is 1. The molecule has 1 fully saturated rings. The Morgan fingerprint density at radius 1 is 1.04 bits per heavy atom. The summed E-state index contributed by atoms with van der Waals surface area (Å²) in [5.74, 6) is 0. The van der Waals surface area contributed by atoms with E-state index < -0.39 is 0 Å². The van der Waals surface area contributed by atoms with E-state index in [-0.39, 0.29) is 0 Å². The van der Waals surface area contributed by atoms with Gasteiger partial charge in [0.1, 0.15) is 0 Å². The van der Waals surface area contributed by atoms with E-state index in [1.807, 2.05) is 6.07 Å². The number of nitrogens with zero attached hydrogens (tertiary/aromatic N) is 3. The van der Waals surface area contributed by atoms with E-state index in [4.69, 9.17) is 0 Å². The monoisotopic (exact) mass is 306 g/mol. The lowest BCUT2D eigenvalue weighted by molar-refractivity contribution is 0.219. The predicted octanol–water partition coefficient (Wildman–Crippen LogP) is 3.27. The maximum atomic E-state index is 4.51. The molecule has 118 valence electrons. The first-order valence-electron chi connectivity index (χ1n) is 8.27. The van der Waals surface area contributed by atoms with Crippen molar-refractivity contribution in [2.75, 3.05) is 24.5 Å². The van der Waals surface area contributed by atoms with Crippen LogP contribution < -0.4 is 4.90 Å². The number of nitrogens with one attached hydrogen (secondary N) is 1. The Labute approximate surface area is 136 Å². The van der Waals surface area contributed by atoms with Crippen molar-refractivity contribution in [2.45, 2.75) is 19.5 Å². The second kappa shape index (κ2) is 6.05. The first-order valence-corrected chi connectivity index (χ1v) is 8.27. The minimum Gasteiger partial charge on any atom is -0.366 e. The van der Waals surface area contributed by atoms with Crippen LogP contribution in [0.5, 0.6) is 0 Å².